The van der Waals surface area contributed by atoms with E-state index in [1.807, 2.05) is 5.38 Å². The number of thioether (sulfide) groups is 1. The number of carbonyl (C=O) groups excluding carboxylic acids is 1. The van der Waals surface area contributed by atoms with Crippen LogP contribution < -0.4 is 0 Å². The van der Waals surface area contributed by atoms with Gasteiger partial charge in [-0.15, -0.1) is 23.1 Å². The van der Waals surface area contributed by atoms with Crippen LogP contribution in [0.25, 0.3) is 0 Å². The highest BCUT2D eigenvalue weighted by Crippen LogP contribution is 2.23. The first-order chi connectivity index (χ1) is 6.51. The van der Waals surface area contributed by atoms with Crippen molar-refractivity contribution in [3.05, 3.63) is 16.3 Å². The van der Waals surface area contributed by atoms with Crippen molar-refractivity contribution in [1.82, 2.24) is 0 Å². The molecule has 0 amide bonds. The zero-order chi connectivity index (χ0) is 10.6. The van der Waals surface area contributed by atoms with Gasteiger partial charge in [0.15, 0.2) is 6.29 Å². The maximum absolute atomic E-state index is 10.8. The van der Waals surface area contributed by atoms with E-state index in [0.29, 0.717) is 10.6 Å². The molecule has 0 aliphatic rings. The van der Waals surface area contributed by atoms with Crippen molar-refractivity contribution in [3.63, 3.8) is 0 Å². The van der Waals surface area contributed by atoms with Gasteiger partial charge in [0, 0.05) is 22.3 Å². The van der Waals surface area contributed by atoms with Crippen molar-refractivity contribution in [3.8, 4) is 0 Å². The average Bonchev–Trinajstić information content (AvgIpc) is 2.50. The van der Waals surface area contributed by atoms with Crippen LogP contribution >= 0.6 is 23.1 Å². The highest BCUT2D eigenvalue weighted by Gasteiger charge is 2.04. The van der Waals surface area contributed by atoms with E-state index in [0.717, 1.165) is 11.2 Å². The summed E-state index contributed by atoms with van der Waals surface area (Å²) >= 11 is 2.82. The summed E-state index contributed by atoms with van der Waals surface area (Å²) in [7, 11) is -2.88. The average molecular weight is 250 g/mol. The Morgan fingerprint density at radius 1 is 1.57 bits per heavy atom. The minimum Gasteiger partial charge on any atom is -0.297 e. The van der Waals surface area contributed by atoms with Gasteiger partial charge in [0.05, 0.1) is 10.6 Å². The third kappa shape index (κ3) is 4.26. The summed E-state index contributed by atoms with van der Waals surface area (Å²) in [6.45, 7) is 0. The van der Waals surface area contributed by atoms with Crippen molar-refractivity contribution >= 4 is 39.2 Å². The van der Waals surface area contributed by atoms with Crippen molar-refractivity contribution in [2.24, 2.45) is 0 Å². The van der Waals surface area contributed by atoms with Gasteiger partial charge >= 0.3 is 0 Å². The summed E-state index contributed by atoms with van der Waals surface area (Å²) in [5.74, 6) is 0.706. The van der Waals surface area contributed by atoms with E-state index in [9.17, 15) is 13.2 Å². The van der Waals surface area contributed by atoms with Crippen LogP contribution in [-0.2, 0) is 9.84 Å². The number of thiophene rings is 1. The predicted molar refractivity (Wildman–Crippen MR) is 60.1 cm³/mol. The monoisotopic (exact) mass is 250 g/mol. The minimum atomic E-state index is -2.88. The lowest BCUT2D eigenvalue weighted by Crippen LogP contribution is -2.04. The number of carbonyl (C=O) groups is 1. The SMILES string of the molecule is CS(=O)(=O)CCSc1csc(C=O)c1. The second kappa shape index (κ2) is 4.95. The fraction of sp³-hybridized carbons (Fsp3) is 0.375. The summed E-state index contributed by atoms with van der Waals surface area (Å²) in [4.78, 5) is 12.0. The maximum Gasteiger partial charge on any atom is 0.160 e. The Balaban J connectivity index is 2.42. The molecule has 6 heteroatoms. The van der Waals surface area contributed by atoms with E-state index in [1.165, 1.54) is 29.4 Å². The molecule has 0 unspecified atom stereocenters. The Morgan fingerprint density at radius 3 is 2.79 bits per heavy atom. The lowest BCUT2D eigenvalue weighted by atomic mass is 10.5. The molecule has 14 heavy (non-hydrogen) atoms. The van der Waals surface area contributed by atoms with Crippen molar-refractivity contribution in [2.75, 3.05) is 17.8 Å². The molecule has 3 nitrogen and oxygen atoms in total. The molecule has 0 aromatic carbocycles. The first kappa shape index (κ1) is 11.7. The Hall–Kier alpha value is -0.330. The molecule has 1 aromatic heterocycles. The molecule has 0 bridgehead atoms. The third-order valence-corrected chi connectivity index (χ3v) is 4.62. The fourth-order valence-electron chi connectivity index (χ4n) is 0.783. The molecule has 0 fully saturated rings. The second-order valence-corrected chi connectivity index (χ2v) is 7.15. The van der Waals surface area contributed by atoms with E-state index in [2.05, 4.69) is 0 Å². The van der Waals surface area contributed by atoms with Gasteiger partial charge in [0.25, 0.3) is 0 Å². The van der Waals surface area contributed by atoms with Crippen LogP contribution in [0.4, 0.5) is 0 Å². The maximum atomic E-state index is 10.8. The molecule has 0 radical (unpaired) electrons. The van der Waals surface area contributed by atoms with Crippen LogP contribution in [0, 0.1) is 0 Å². The molecule has 0 atom stereocenters. The number of hydrogen-bond acceptors (Lipinski definition) is 5. The number of hydrogen-bond donors (Lipinski definition) is 0. The highest BCUT2D eigenvalue weighted by atomic mass is 32.2. The van der Waals surface area contributed by atoms with Gasteiger partial charge in [-0.25, -0.2) is 8.42 Å². The predicted octanol–water partition coefficient (Wildman–Crippen LogP) is 1.70. The first-order valence-electron chi connectivity index (χ1n) is 3.85. The largest absolute Gasteiger partial charge is 0.297 e. The summed E-state index contributed by atoms with van der Waals surface area (Å²) < 4.78 is 21.6. The van der Waals surface area contributed by atoms with Crippen LogP contribution in [0.3, 0.4) is 0 Å². The number of sulfone groups is 1. The second-order valence-electron chi connectivity index (χ2n) is 2.78. The van der Waals surface area contributed by atoms with E-state index < -0.39 is 9.84 Å². The van der Waals surface area contributed by atoms with Gasteiger partial charge in [0.2, 0.25) is 0 Å². The normalized spacial score (nSPS) is 11.5. The molecule has 0 saturated carbocycles. The van der Waals surface area contributed by atoms with Gasteiger partial charge < -0.3 is 0 Å². The van der Waals surface area contributed by atoms with E-state index in [-0.39, 0.29) is 5.75 Å². The van der Waals surface area contributed by atoms with Crippen molar-refractivity contribution in [1.29, 1.82) is 0 Å². The van der Waals surface area contributed by atoms with Gasteiger partial charge in [0.1, 0.15) is 9.84 Å². The van der Waals surface area contributed by atoms with E-state index >= 15 is 0 Å². The molecular formula is C8H10O3S3. The van der Waals surface area contributed by atoms with Gasteiger partial charge in [-0.1, -0.05) is 0 Å². The highest BCUT2D eigenvalue weighted by molar-refractivity contribution is 8.00. The molecule has 1 heterocycles. The fourth-order valence-corrected chi connectivity index (χ4v) is 3.84. The molecule has 0 aliphatic heterocycles. The van der Waals surface area contributed by atoms with Crippen LogP contribution in [0.15, 0.2) is 16.3 Å². The quantitative estimate of drug-likeness (QED) is 0.589. The van der Waals surface area contributed by atoms with Crippen molar-refractivity contribution < 1.29 is 13.2 Å². The number of rotatable bonds is 5. The van der Waals surface area contributed by atoms with Gasteiger partial charge in [-0.3, -0.25) is 4.79 Å². The minimum absolute atomic E-state index is 0.171. The third-order valence-electron chi connectivity index (χ3n) is 1.43. The smallest absolute Gasteiger partial charge is 0.160 e. The zero-order valence-corrected chi connectivity index (χ0v) is 10.0. The zero-order valence-electron chi connectivity index (χ0n) is 7.60. The molecular weight excluding hydrogens is 240 g/mol. The Bertz CT molecular complexity index is 405. The molecule has 1 rings (SSSR count). The standard InChI is InChI=1S/C8H10O3S3/c1-14(10,11)3-2-12-8-4-7(5-9)13-6-8/h4-6H,2-3H2,1H3. The topological polar surface area (TPSA) is 51.2 Å². The lowest BCUT2D eigenvalue weighted by molar-refractivity contribution is 0.112. The molecule has 0 aliphatic carbocycles. The lowest BCUT2D eigenvalue weighted by Gasteiger charge is -1.96. The van der Waals surface area contributed by atoms with Crippen LogP contribution in [-0.4, -0.2) is 32.5 Å². The molecule has 78 valence electrons. The molecule has 1 aromatic rings. The molecule has 0 N–H and O–H groups in total. The summed E-state index contributed by atoms with van der Waals surface area (Å²) in [5.41, 5.74) is 0. The van der Waals surface area contributed by atoms with Gasteiger partial charge in [-0.2, -0.15) is 0 Å². The van der Waals surface area contributed by atoms with Gasteiger partial charge in [-0.05, 0) is 6.07 Å². The molecule has 0 saturated heterocycles. The molecule has 0 spiro atoms. The first-order valence-corrected chi connectivity index (χ1v) is 7.78. The van der Waals surface area contributed by atoms with Crippen LogP contribution in [0.5, 0.6) is 0 Å². The summed E-state index contributed by atoms with van der Waals surface area (Å²) in [6, 6.07) is 1.77. The van der Waals surface area contributed by atoms with E-state index in [1.54, 1.807) is 6.07 Å². The Morgan fingerprint density at radius 2 is 2.29 bits per heavy atom. The summed E-state index contributed by atoms with van der Waals surface area (Å²) in [6.07, 6.45) is 2.02. The Labute approximate surface area is 91.4 Å². The van der Waals surface area contributed by atoms with E-state index in [4.69, 9.17) is 0 Å². The van der Waals surface area contributed by atoms with Crippen LogP contribution in [0.1, 0.15) is 9.67 Å². The summed E-state index contributed by atoms with van der Waals surface area (Å²) in [5, 5.41) is 1.86. The Kier molecular flexibility index (Phi) is 4.15. The van der Waals surface area contributed by atoms with Crippen molar-refractivity contribution in [2.45, 2.75) is 4.90 Å². The van der Waals surface area contributed by atoms with Crippen LogP contribution in [0.2, 0.25) is 0 Å². The number of aldehydes is 1.